The highest BCUT2D eigenvalue weighted by atomic mass is 35.5. The fourth-order valence-corrected chi connectivity index (χ4v) is 1.82. The number of nitriles is 1. The van der Waals surface area contributed by atoms with Gasteiger partial charge in [0.2, 0.25) is 5.78 Å². The van der Waals surface area contributed by atoms with Gasteiger partial charge < -0.3 is 5.32 Å². The molecule has 0 aliphatic heterocycles. The molecule has 0 bridgehead atoms. The number of nitrogens with one attached hydrogen (secondary N) is 1. The molecule has 0 unspecified atom stereocenters. The smallest absolute Gasteiger partial charge is 0.212 e. The van der Waals surface area contributed by atoms with Gasteiger partial charge in [-0.15, -0.1) is 12.6 Å². The van der Waals surface area contributed by atoms with E-state index in [1.807, 2.05) is 0 Å². The van der Waals surface area contributed by atoms with Crippen molar-refractivity contribution in [1.29, 1.82) is 5.26 Å². The molecule has 0 atom stereocenters. The number of rotatable bonds is 3. The highest BCUT2D eigenvalue weighted by Crippen LogP contribution is 2.26. The number of allylic oxidation sites excluding steroid dienone is 1. The fraction of sp³-hybridized carbons (Fsp3) is 0.222. The molecule has 0 fully saturated rings. The Morgan fingerprint density at radius 3 is 2.53 bits per heavy atom. The normalized spacial score (nSPS) is 11.8. The molecule has 0 saturated heterocycles. The van der Waals surface area contributed by atoms with E-state index in [-0.39, 0.29) is 26.5 Å². The molecule has 0 aromatic carbocycles. The molecule has 1 heterocycles. The summed E-state index contributed by atoms with van der Waals surface area (Å²) in [7, 11) is 3.08. The number of Topliss-reactive ketones (excluding diaryl/α,β-unsaturated/α-hetero) is 1. The van der Waals surface area contributed by atoms with Crippen molar-refractivity contribution in [2.24, 2.45) is 7.05 Å². The van der Waals surface area contributed by atoms with Crippen molar-refractivity contribution >= 4 is 41.6 Å². The van der Waals surface area contributed by atoms with Gasteiger partial charge in [0.15, 0.2) is 5.15 Å². The van der Waals surface area contributed by atoms with Gasteiger partial charge in [-0.2, -0.15) is 10.4 Å². The lowest BCUT2D eigenvalue weighted by Gasteiger charge is -2.02. The summed E-state index contributed by atoms with van der Waals surface area (Å²) < 4.78 is 1.25. The summed E-state index contributed by atoms with van der Waals surface area (Å²) in [5.74, 6) is -0.616. The van der Waals surface area contributed by atoms with Gasteiger partial charge >= 0.3 is 0 Å². The third kappa shape index (κ3) is 2.57. The summed E-state index contributed by atoms with van der Waals surface area (Å²) in [5, 5.41) is 15.5. The molecule has 5 nitrogen and oxygen atoms in total. The molecule has 0 spiro atoms. The van der Waals surface area contributed by atoms with Gasteiger partial charge in [-0.05, 0) is 0 Å². The molecule has 0 saturated carbocycles. The maximum absolute atomic E-state index is 12.0. The average Bonchev–Trinajstić information content (AvgIpc) is 2.53. The predicted octanol–water partition coefficient (Wildman–Crippen LogP) is 1.79. The highest BCUT2D eigenvalue weighted by molar-refractivity contribution is 7.84. The van der Waals surface area contributed by atoms with E-state index in [1.165, 1.54) is 4.68 Å². The van der Waals surface area contributed by atoms with Crippen molar-refractivity contribution in [3.8, 4) is 6.07 Å². The van der Waals surface area contributed by atoms with Gasteiger partial charge in [0.1, 0.15) is 16.8 Å². The molecule has 0 aliphatic rings. The lowest BCUT2D eigenvalue weighted by atomic mass is 10.1. The topological polar surface area (TPSA) is 70.7 Å². The van der Waals surface area contributed by atoms with Gasteiger partial charge in [-0.3, -0.25) is 9.48 Å². The number of hydrogen-bond donors (Lipinski definition) is 2. The number of carbonyl (C=O) groups is 1. The first-order valence-corrected chi connectivity index (χ1v) is 5.58. The van der Waals surface area contributed by atoms with Crippen molar-refractivity contribution in [3.63, 3.8) is 0 Å². The maximum atomic E-state index is 12.0. The van der Waals surface area contributed by atoms with Crippen LogP contribution in [0.25, 0.3) is 0 Å². The van der Waals surface area contributed by atoms with E-state index in [0.29, 0.717) is 0 Å². The van der Waals surface area contributed by atoms with Crippen LogP contribution in [0.5, 0.6) is 0 Å². The van der Waals surface area contributed by atoms with Crippen LogP contribution in [0, 0.1) is 11.3 Å². The van der Waals surface area contributed by atoms with Crippen LogP contribution < -0.4 is 5.32 Å². The number of aromatic nitrogens is 2. The zero-order chi connectivity index (χ0) is 13.2. The Morgan fingerprint density at radius 2 is 2.18 bits per heavy atom. The molecule has 90 valence electrons. The Hall–Kier alpha value is -1.16. The fourth-order valence-electron chi connectivity index (χ4n) is 1.12. The minimum absolute atomic E-state index is 0.00539. The second-order valence-corrected chi connectivity index (χ2v) is 4.16. The number of nitrogens with zero attached hydrogens (tertiary/aromatic N) is 3. The number of ketones is 1. The minimum Gasteiger partial charge on any atom is -0.382 e. The Labute approximate surface area is 113 Å². The third-order valence-corrected chi connectivity index (χ3v) is 3.12. The minimum atomic E-state index is -0.616. The molecule has 0 aliphatic carbocycles. The monoisotopic (exact) mass is 290 g/mol. The molecule has 1 aromatic rings. The Balaban J connectivity index is 3.36. The number of thiol groups is 1. The summed E-state index contributed by atoms with van der Waals surface area (Å²) in [6.45, 7) is 0. The highest BCUT2D eigenvalue weighted by Gasteiger charge is 2.25. The zero-order valence-corrected chi connectivity index (χ0v) is 11.4. The van der Waals surface area contributed by atoms with Crippen molar-refractivity contribution in [1.82, 2.24) is 15.1 Å². The lowest BCUT2D eigenvalue weighted by molar-refractivity contribution is 0.103. The second-order valence-electron chi connectivity index (χ2n) is 2.99. The van der Waals surface area contributed by atoms with E-state index in [1.54, 1.807) is 20.2 Å². The molecular weight excluding hydrogens is 283 g/mol. The molecule has 0 amide bonds. The summed E-state index contributed by atoms with van der Waals surface area (Å²) in [5.41, 5.74) is -0.179. The number of aryl methyl sites for hydroxylation is 1. The van der Waals surface area contributed by atoms with Gasteiger partial charge in [-0.1, -0.05) is 23.2 Å². The predicted molar refractivity (Wildman–Crippen MR) is 68.2 cm³/mol. The van der Waals surface area contributed by atoms with Crippen molar-refractivity contribution in [2.45, 2.75) is 0 Å². The van der Waals surface area contributed by atoms with Crippen LogP contribution in [0.15, 0.2) is 10.6 Å². The van der Waals surface area contributed by atoms with E-state index in [4.69, 9.17) is 28.5 Å². The summed E-state index contributed by atoms with van der Waals surface area (Å²) in [4.78, 5) is 12.0. The van der Waals surface area contributed by atoms with E-state index in [0.717, 1.165) is 0 Å². The molecule has 1 rings (SSSR count). The Morgan fingerprint density at radius 1 is 1.59 bits per heavy atom. The first-order chi connectivity index (χ1) is 7.93. The summed E-state index contributed by atoms with van der Waals surface area (Å²) in [6.07, 6.45) is 0. The molecular formula is C9H8Cl2N4OS. The number of carbonyl (C=O) groups excluding carboxylic acids is 1. The number of halogens is 2. The van der Waals surface area contributed by atoms with E-state index in [2.05, 4.69) is 23.0 Å². The van der Waals surface area contributed by atoms with Crippen molar-refractivity contribution in [3.05, 3.63) is 26.5 Å². The van der Waals surface area contributed by atoms with Crippen molar-refractivity contribution in [2.75, 3.05) is 7.05 Å². The third-order valence-electron chi connectivity index (χ3n) is 1.97. The quantitative estimate of drug-likeness (QED) is 0.385. The first-order valence-electron chi connectivity index (χ1n) is 4.37. The van der Waals surface area contributed by atoms with Crippen molar-refractivity contribution < 1.29 is 4.79 Å². The van der Waals surface area contributed by atoms with Crippen LogP contribution >= 0.6 is 35.8 Å². The molecule has 1 aromatic heterocycles. The van der Waals surface area contributed by atoms with Crippen LogP contribution in [-0.4, -0.2) is 22.6 Å². The van der Waals surface area contributed by atoms with Gasteiger partial charge in [0.25, 0.3) is 0 Å². The molecule has 1 N–H and O–H groups in total. The van der Waals surface area contributed by atoms with Gasteiger partial charge in [0.05, 0.1) is 10.6 Å². The van der Waals surface area contributed by atoms with Gasteiger partial charge in [-0.25, -0.2) is 0 Å². The Kier molecular flexibility index (Phi) is 4.46. The zero-order valence-electron chi connectivity index (χ0n) is 8.95. The summed E-state index contributed by atoms with van der Waals surface area (Å²) in [6, 6.07) is 1.75. The maximum Gasteiger partial charge on any atom is 0.212 e. The molecule has 17 heavy (non-hydrogen) atoms. The van der Waals surface area contributed by atoms with Crippen LogP contribution in [-0.2, 0) is 7.05 Å². The Bertz CT molecular complexity index is 544. The number of hydrogen-bond acceptors (Lipinski definition) is 5. The van der Waals surface area contributed by atoms with Gasteiger partial charge in [0, 0.05) is 14.1 Å². The second kappa shape index (κ2) is 5.45. The van der Waals surface area contributed by atoms with Crippen LogP contribution in [0.2, 0.25) is 10.3 Å². The SMILES string of the molecule is CN/C(S)=C(/C#N)C(=O)c1c(Cl)nn(C)c1Cl. The molecule has 0 radical (unpaired) electrons. The molecule has 8 heteroatoms. The van der Waals surface area contributed by atoms with E-state index < -0.39 is 5.78 Å². The average molecular weight is 291 g/mol. The summed E-state index contributed by atoms with van der Waals surface area (Å²) >= 11 is 15.6. The van der Waals surface area contributed by atoms with Crippen LogP contribution in [0.1, 0.15) is 10.4 Å². The van der Waals surface area contributed by atoms with E-state index in [9.17, 15) is 4.79 Å². The van der Waals surface area contributed by atoms with Crippen LogP contribution in [0.3, 0.4) is 0 Å². The largest absolute Gasteiger partial charge is 0.382 e. The lowest BCUT2D eigenvalue weighted by Crippen LogP contribution is -2.11. The standard InChI is InChI=1S/C9H8Cl2N4OS/c1-13-9(17)4(3-12)6(16)5-7(10)14-15(2)8(5)11/h13,17H,1-2H3/b9-4+. The first kappa shape index (κ1) is 13.9. The van der Waals surface area contributed by atoms with Crippen LogP contribution in [0.4, 0.5) is 0 Å². The van der Waals surface area contributed by atoms with E-state index >= 15 is 0 Å².